The first-order chi connectivity index (χ1) is 10.7. The van der Waals surface area contributed by atoms with Crippen LogP contribution in [0.1, 0.15) is 70.6 Å². The highest BCUT2D eigenvalue weighted by Gasteiger charge is 2.45. The van der Waals surface area contributed by atoms with Crippen molar-refractivity contribution in [2.24, 2.45) is 4.40 Å². The van der Waals surface area contributed by atoms with Gasteiger partial charge in [0, 0.05) is 0 Å². The molecule has 0 unspecified atom stereocenters. The molecule has 0 heterocycles. The van der Waals surface area contributed by atoms with Crippen molar-refractivity contribution >= 4 is 15.9 Å². The molecule has 0 spiro atoms. The highest BCUT2D eigenvalue weighted by Crippen LogP contribution is 2.24. The average molecular weight is 356 g/mol. The third-order valence-electron chi connectivity index (χ3n) is 3.31. The van der Waals surface area contributed by atoms with Crippen LogP contribution < -0.4 is 5.11 Å². The summed E-state index contributed by atoms with van der Waals surface area (Å²) in [6.07, 6.45) is 11.4. The summed E-state index contributed by atoms with van der Waals surface area (Å²) in [5.41, 5.74) is -5.51. The summed E-state index contributed by atoms with van der Waals surface area (Å²) in [6, 6.07) is 0. The first-order valence-corrected chi connectivity index (χ1v) is 9.32. The van der Waals surface area contributed by atoms with Crippen LogP contribution in [0.25, 0.3) is 0 Å². The summed E-state index contributed by atoms with van der Waals surface area (Å²) in [4.78, 5) is 0. The van der Waals surface area contributed by atoms with E-state index in [-0.39, 0.29) is 6.42 Å². The first kappa shape index (κ1) is 21.9. The van der Waals surface area contributed by atoms with Gasteiger partial charge in [0.05, 0.1) is 0 Å². The minimum atomic E-state index is -5.69. The topological polar surface area (TPSA) is 69.6 Å². The van der Waals surface area contributed by atoms with Crippen LogP contribution >= 0.6 is 0 Å². The van der Waals surface area contributed by atoms with E-state index in [1.165, 1.54) is 12.8 Å². The van der Waals surface area contributed by atoms with Crippen LogP contribution in [-0.2, 0) is 10.0 Å². The van der Waals surface area contributed by atoms with Gasteiger partial charge >= 0.3 is 15.5 Å². The molecular weight excluding hydrogens is 331 g/mol. The molecule has 0 atom stereocenters. The number of hydrogen-bond acceptors (Lipinski definition) is 3. The zero-order valence-electron chi connectivity index (χ0n) is 13.3. The Hall–Kier alpha value is -1.05. The van der Waals surface area contributed by atoms with Crippen molar-refractivity contribution in [3.05, 3.63) is 12.7 Å². The molecule has 136 valence electrons. The van der Waals surface area contributed by atoms with Gasteiger partial charge in [-0.15, -0.1) is 6.58 Å². The van der Waals surface area contributed by atoms with Crippen molar-refractivity contribution in [2.45, 2.75) is 76.1 Å². The minimum Gasteiger partial charge on any atom is -0.861 e. The standard InChI is InChI=1S/C15H26F3NO3S/c1-2-3-4-5-6-7-8-9-10-11-12-13-14(20)19-23(21,22)15(16,17)18/h2H,1,3-13H2,(H,19,20)/p-1. The number of rotatable bonds is 13. The third-order valence-corrected chi connectivity index (χ3v) is 4.34. The Morgan fingerprint density at radius 2 is 1.39 bits per heavy atom. The molecule has 0 aromatic rings. The van der Waals surface area contributed by atoms with Crippen LogP contribution in [0.5, 0.6) is 0 Å². The molecule has 0 aliphatic heterocycles. The molecule has 0 aromatic carbocycles. The highest BCUT2D eigenvalue weighted by molar-refractivity contribution is 7.91. The number of alkyl halides is 3. The normalized spacial score (nSPS) is 13.3. The van der Waals surface area contributed by atoms with Gasteiger partial charge < -0.3 is 5.11 Å². The van der Waals surface area contributed by atoms with Gasteiger partial charge in [-0.3, -0.25) is 0 Å². The molecule has 0 aliphatic rings. The number of allylic oxidation sites excluding steroid dienone is 1. The maximum Gasteiger partial charge on any atom is 0.518 e. The minimum absolute atomic E-state index is 0.267. The molecule has 0 aromatic heterocycles. The van der Waals surface area contributed by atoms with Crippen molar-refractivity contribution in [3.63, 3.8) is 0 Å². The highest BCUT2D eigenvalue weighted by atomic mass is 32.2. The van der Waals surface area contributed by atoms with Crippen LogP contribution in [0.15, 0.2) is 17.1 Å². The first-order valence-electron chi connectivity index (χ1n) is 7.88. The zero-order chi connectivity index (χ0) is 17.8. The molecule has 0 radical (unpaired) electrons. The number of sulfonamides is 1. The van der Waals surface area contributed by atoms with Gasteiger partial charge in [0.25, 0.3) is 0 Å². The maximum atomic E-state index is 12.0. The van der Waals surface area contributed by atoms with Crippen molar-refractivity contribution < 1.29 is 26.7 Å². The van der Waals surface area contributed by atoms with Crippen molar-refractivity contribution in [1.82, 2.24) is 0 Å². The smallest absolute Gasteiger partial charge is 0.518 e. The van der Waals surface area contributed by atoms with E-state index in [4.69, 9.17) is 0 Å². The summed E-state index contributed by atoms with van der Waals surface area (Å²) >= 11 is 0. The SMILES string of the molecule is C=CCCCCCCCCCCC/C([O-])=N/S(=O)(=O)C(F)(F)F. The number of hydrogen-bond donors (Lipinski definition) is 0. The van der Waals surface area contributed by atoms with E-state index in [1.54, 1.807) is 0 Å². The molecule has 23 heavy (non-hydrogen) atoms. The Labute approximate surface area is 136 Å². The maximum absolute atomic E-state index is 12.0. The molecule has 0 aliphatic carbocycles. The van der Waals surface area contributed by atoms with E-state index in [1.807, 2.05) is 6.08 Å². The summed E-state index contributed by atoms with van der Waals surface area (Å²) in [6.45, 7) is 3.66. The fraction of sp³-hybridized carbons (Fsp3) is 0.800. The molecule has 0 saturated carbocycles. The number of unbranched alkanes of at least 4 members (excludes halogenated alkanes) is 9. The van der Waals surface area contributed by atoms with E-state index in [2.05, 4.69) is 11.0 Å². The van der Waals surface area contributed by atoms with E-state index in [9.17, 15) is 26.7 Å². The Bertz CT molecular complexity index is 459. The lowest BCUT2D eigenvalue weighted by Gasteiger charge is -2.11. The van der Waals surface area contributed by atoms with Crippen LogP contribution in [0.3, 0.4) is 0 Å². The molecule has 0 bridgehead atoms. The Balaban J connectivity index is 3.67. The summed E-state index contributed by atoms with van der Waals surface area (Å²) in [5.74, 6) is -1.23. The molecule has 4 nitrogen and oxygen atoms in total. The average Bonchev–Trinajstić information content (AvgIpc) is 2.43. The predicted molar refractivity (Wildman–Crippen MR) is 83.4 cm³/mol. The Morgan fingerprint density at radius 1 is 0.957 bits per heavy atom. The lowest BCUT2D eigenvalue weighted by Crippen LogP contribution is -2.26. The fourth-order valence-corrected chi connectivity index (χ4v) is 2.50. The van der Waals surface area contributed by atoms with Crippen LogP contribution in [0.4, 0.5) is 13.2 Å². The number of halogens is 3. The molecule has 0 N–H and O–H groups in total. The van der Waals surface area contributed by atoms with Gasteiger partial charge in [-0.25, -0.2) is 0 Å². The fourth-order valence-electron chi connectivity index (χ4n) is 2.03. The largest absolute Gasteiger partial charge is 0.861 e. The van der Waals surface area contributed by atoms with Gasteiger partial charge in [-0.05, 0) is 31.6 Å². The van der Waals surface area contributed by atoms with Gasteiger partial charge in [0.15, 0.2) is 0 Å². The van der Waals surface area contributed by atoms with Gasteiger partial charge in [-0.2, -0.15) is 26.0 Å². The van der Waals surface area contributed by atoms with Crippen molar-refractivity contribution in [1.29, 1.82) is 0 Å². The van der Waals surface area contributed by atoms with Gasteiger partial charge in [-0.1, -0.05) is 51.0 Å². The summed E-state index contributed by atoms with van der Waals surface area (Å²) < 4.78 is 59.6. The van der Waals surface area contributed by atoms with E-state index >= 15 is 0 Å². The van der Waals surface area contributed by atoms with Crippen molar-refractivity contribution in [2.75, 3.05) is 0 Å². The van der Waals surface area contributed by atoms with Gasteiger partial charge in [0.1, 0.15) is 0 Å². The molecular formula is C15H25F3NO3S-. The molecule has 0 rings (SSSR count). The lowest BCUT2D eigenvalue weighted by molar-refractivity contribution is -0.218. The number of nitrogens with zero attached hydrogens (tertiary/aromatic N) is 1. The molecule has 0 amide bonds. The summed E-state index contributed by atoms with van der Waals surface area (Å²) in [7, 11) is -5.69. The second-order valence-electron chi connectivity index (χ2n) is 5.42. The van der Waals surface area contributed by atoms with E-state index < -0.39 is 21.4 Å². The molecule has 8 heteroatoms. The lowest BCUT2D eigenvalue weighted by atomic mass is 10.1. The van der Waals surface area contributed by atoms with Crippen LogP contribution in [-0.4, -0.2) is 19.8 Å². The monoisotopic (exact) mass is 356 g/mol. The second-order valence-corrected chi connectivity index (χ2v) is 7.01. The Kier molecular flexibility index (Phi) is 11.0. The van der Waals surface area contributed by atoms with Crippen LogP contribution in [0.2, 0.25) is 0 Å². The van der Waals surface area contributed by atoms with Crippen molar-refractivity contribution in [3.8, 4) is 0 Å². The van der Waals surface area contributed by atoms with Gasteiger partial charge in [0.2, 0.25) is 0 Å². The quantitative estimate of drug-likeness (QED) is 0.216. The summed E-state index contributed by atoms with van der Waals surface area (Å²) in [5, 5.41) is 11.1. The molecule has 0 fully saturated rings. The molecule has 0 saturated heterocycles. The van der Waals surface area contributed by atoms with E-state index in [0.717, 1.165) is 38.5 Å². The predicted octanol–water partition coefficient (Wildman–Crippen LogP) is 4.07. The third kappa shape index (κ3) is 11.2. The van der Waals surface area contributed by atoms with Crippen LogP contribution in [0, 0.1) is 0 Å². The zero-order valence-corrected chi connectivity index (χ0v) is 14.1. The Morgan fingerprint density at radius 3 is 1.83 bits per heavy atom. The second kappa shape index (κ2) is 11.5. The van der Waals surface area contributed by atoms with E-state index in [0.29, 0.717) is 12.8 Å².